The van der Waals surface area contributed by atoms with E-state index in [0.29, 0.717) is 12.2 Å². The first-order valence-electron chi connectivity index (χ1n) is 6.04. The Morgan fingerprint density at radius 1 is 1.00 bits per heavy atom. The second kappa shape index (κ2) is 8.19. The molecule has 0 aliphatic heterocycles. The molecular formula is C15H17ClN2O2. The van der Waals surface area contributed by atoms with Crippen molar-refractivity contribution >= 4 is 24.2 Å². The lowest BCUT2D eigenvalue weighted by molar-refractivity contribution is 0.155. The third-order valence-corrected chi connectivity index (χ3v) is 2.65. The van der Waals surface area contributed by atoms with Crippen LogP contribution < -0.4 is 11.1 Å². The molecule has 0 atom stereocenters. The van der Waals surface area contributed by atoms with Crippen LogP contribution in [0.2, 0.25) is 0 Å². The van der Waals surface area contributed by atoms with E-state index >= 15 is 0 Å². The van der Waals surface area contributed by atoms with Crippen LogP contribution in [0.15, 0.2) is 54.6 Å². The fourth-order valence-corrected chi connectivity index (χ4v) is 1.60. The van der Waals surface area contributed by atoms with Crippen molar-refractivity contribution in [2.24, 2.45) is 5.73 Å². The zero-order valence-corrected chi connectivity index (χ0v) is 11.7. The van der Waals surface area contributed by atoms with E-state index in [9.17, 15) is 4.79 Å². The van der Waals surface area contributed by atoms with Gasteiger partial charge in [0.2, 0.25) is 0 Å². The third kappa shape index (κ3) is 4.91. The Kier molecular flexibility index (Phi) is 6.56. The Balaban J connectivity index is 0.00000200. The number of hydrogen-bond acceptors (Lipinski definition) is 3. The molecule has 0 saturated heterocycles. The van der Waals surface area contributed by atoms with Gasteiger partial charge in [-0.15, -0.1) is 12.4 Å². The highest BCUT2D eigenvalue weighted by atomic mass is 35.5. The van der Waals surface area contributed by atoms with Crippen LogP contribution in [-0.4, -0.2) is 6.09 Å². The molecule has 0 spiro atoms. The number of amides is 1. The van der Waals surface area contributed by atoms with E-state index in [1.54, 1.807) is 12.1 Å². The maximum atomic E-state index is 11.6. The predicted octanol–water partition coefficient (Wildman–Crippen LogP) is 3.32. The molecule has 0 saturated carbocycles. The van der Waals surface area contributed by atoms with Crippen LogP contribution in [0, 0.1) is 0 Å². The SMILES string of the molecule is Cl.NCc1ccc(NC(=O)OCc2ccccc2)cc1. The second-order valence-corrected chi connectivity index (χ2v) is 4.09. The Labute approximate surface area is 124 Å². The molecule has 0 bridgehead atoms. The zero-order valence-electron chi connectivity index (χ0n) is 10.9. The standard InChI is InChI=1S/C15H16N2O2.ClH/c16-10-12-6-8-14(9-7-12)17-15(18)19-11-13-4-2-1-3-5-13;/h1-9H,10-11,16H2,(H,17,18);1H. The maximum Gasteiger partial charge on any atom is 0.411 e. The van der Waals surface area contributed by atoms with Gasteiger partial charge in [-0.2, -0.15) is 0 Å². The quantitative estimate of drug-likeness (QED) is 0.908. The predicted molar refractivity (Wildman–Crippen MR) is 81.8 cm³/mol. The first-order chi connectivity index (χ1) is 9.28. The fraction of sp³-hybridized carbons (Fsp3) is 0.133. The van der Waals surface area contributed by atoms with Crippen molar-refractivity contribution in [3.63, 3.8) is 0 Å². The summed E-state index contributed by atoms with van der Waals surface area (Å²) in [6.45, 7) is 0.742. The number of ether oxygens (including phenoxy) is 1. The molecule has 0 aromatic heterocycles. The summed E-state index contributed by atoms with van der Waals surface area (Å²) in [4.78, 5) is 11.6. The molecule has 0 aliphatic rings. The van der Waals surface area contributed by atoms with Crippen molar-refractivity contribution in [3.8, 4) is 0 Å². The van der Waals surface area contributed by atoms with Crippen molar-refractivity contribution < 1.29 is 9.53 Å². The molecule has 5 heteroatoms. The maximum absolute atomic E-state index is 11.6. The molecule has 2 aromatic rings. The lowest BCUT2D eigenvalue weighted by Crippen LogP contribution is -2.13. The normalized spacial score (nSPS) is 9.45. The average Bonchev–Trinajstić information content (AvgIpc) is 2.47. The largest absolute Gasteiger partial charge is 0.444 e. The first kappa shape index (κ1) is 16.0. The number of halogens is 1. The third-order valence-electron chi connectivity index (χ3n) is 2.65. The first-order valence-corrected chi connectivity index (χ1v) is 6.04. The van der Waals surface area contributed by atoms with Crippen molar-refractivity contribution in [1.29, 1.82) is 0 Å². The number of anilines is 1. The van der Waals surface area contributed by atoms with Crippen LogP contribution in [0.25, 0.3) is 0 Å². The van der Waals surface area contributed by atoms with Crippen LogP contribution >= 0.6 is 12.4 Å². The van der Waals surface area contributed by atoms with Gasteiger partial charge in [0, 0.05) is 12.2 Å². The van der Waals surface area contributed by atoms with Gasteiger partial charge in [0.15, 0.2) is 0 Å². The van der Waals surface area contributed by atoms with Crippen LogP contribution in [-0.2, 0) is 17.9 Å². The number of hydrogen-bond donors (Lipinski definition) is 2. The summed E-state index contributed by atoms with van der Waals surface area (Å²) in [5.41, 5.74) is 8.16. The monoisotopic (exact) mass is 292 g/mol. The van der Waals surface area contributed by atoms with Crippen LogP contribution in [0.1, 0.15) is 11.1 Å². The minimum Gasteiger partial charge on any atom is -0.444 e. The molecule has 2 aromatic carbocycles. The number of benzene rings is 2. The van der Waals surface area contributed by atoms with Crippen molar-refractivity contribution in [3.05, 3.63) is 65.7 Å². The Bertz CT molecular complexity index is 529. The minimum atomic E-state index is -0.468. The van der Waals surface area contributed by atoms with Gasteiger partial charge in [-0.1, -0.05) is 42.5 Å². The zero-order chi connectivity index (χ0) is 13.5. The summed E-state index contributed by atoms with van der Waals surface area (Å²) in [5, 5.41) is 2.66. The van der Waals surface area contributed by atoms with Gasteiger partial charge >= 0.3 is 6.09 Å². The Morgan fingerprint density at radius 2 is 1.65 bits per heavy atom. The van der Waals surface area contributed by atoms with Gasteiger partial charge in [0.1, 0.15) is 6.61 Å². The average molecular weight is 293 g/mol. The van der Waals surface area contributed by atoms with E-state index in [-0.39, 0.29) is 19.0 Å². The number of nitrogens with two attached hydrogens (primary N) is 1. The molecule has 20 heavy (non-hydrogen) atoms. The van der Waals surface area contributed by atoms with E-state index < -0.39 is 6.09 Å². The number of carbonyl (C=O) groups is 1. The van der Waals surface area contributed by atoms with Gasteiger partial charge in [-0.25, -0.2) is 4.79 Å². The molecule has 2 rings (SSSR count). The Morgan fingerprint density at radius 3 is 2.25 bits per heavy atom. The van der Waals surface area contributed by atoms with E-state index in [4.69, 9.17) is 10.5 Å². The minimum absolute atomic E-state index is 0. The summed E-state index contributed by atoms with van der Waals surface area (Å²) in [5.74, 6) is 0. The van der Waals surface area contributed by atoms with E-state index in [1.165, 1.54) is 0 Å². The molecule has 1 amide bonds. The molecule has 0 fully saturated rings. The highest BCUT2D eigenvalue weighted by molar-refractivity contribution is 5.85. The lowest BCUT2D eigenvalue weighted by Gasteiger charge is -2.07. The van der Waals surface area contributed by atoms with Crippen LogP contribution in [0.3, 0.4) is 0 Å². The number of nitrogens with one attached hydrogen (secondary N) is 1. The summed E-state index contributed by atoms with van der Waals surface area (Å²) in [6, 6.07) is 16.9. The highest BCUT2D eigenvalue weighted by Crippen LogP contribution is 2.10. The molecule has 0 radical (unpaired) electrons. The summed E-state index contributed by atoms with van der Waals surface area (Å²) in [7, 11) is 0. The molecule has 106 valence electrons. The van der Waals surface area contributed by atoms with E-state index in [1.807, 2.05) is 42.5 Å². The second-order valence-electron chi connectivity index (χ2n) is 4.09. The molecular weight excluding hydrogens is 276 g/mol. The molecule has 4 nitrogen and oxygen atoms in total. The highest BCUT2D eigenvalue weighted by Gasteiger charge is 2.03. The van der Waals surface area contributed by atoms with Crippen molar-refractivity contribution in [2.45, 2.75) is 13.2 Å². The summed E-state index contributed by atoms with van der Waals surface area (Å²) >= 11 is 0. The smallest absolute Gasteiger partial charge is 0.411 e. The van der Waals surface area contributed by atoms with Gasteiger partial charge in [0.05, 0.1) is 0 Å². The van der Waals surface area contributed by atoms with E-state index in [0.717, 1.165) is 11.1 Å². The van der Waals surface area contributed by atoms with Crippen LogP contribution in [0.5, 0.6) is 0 Å². The molecule has 0 aliphatic carbocycles. The summed E-state index contributed by atoms with van der Waals surface area (Å²) in [6.07, 6.45) is -0.468. The van der Waals surface area contributed by atoms with Gasteiger partial charge < -0.3 is 10.5 Å². The number of carbonyl (C=O) groups excluding carboxylic acids is 1. The van der Waals surface area contributed by atoms with Crippen molar-refractivity contribution in [1.82, 2.24) is 0 Å². The fourth-order valence-electron chi connectivity index (χ4n) is 1.60. The van der Waals surface area contributed by atoms with E-state index in [2.05, 4.69) is 5.32 Å². The van der Waals surface area contributed by atoms with Gasteiger partial charge in [-0.3, -0.25) is 5.32 Å². The molecule has 3 N–H and O–H groups in total. The summed E-state index contributed by atoms with van der Waals surface area (Å²) < 4.78 is 5.11. The molecule has 0 unspecified atom stereocenters. The topological polar surface area (TPSA) is 64.3 Å². The van der Waals surface area contributed by atoms with Crippen molar-refractivity contribution in [2.75, 3.05) is 5.32 Å². The Hall–Kier alpha value is -2.04. The van der Waals surface area contributed by atoms with Crippen LogP contribution in [0.4, 0.5) is 10.5 Å². The lowest BCUT2D eigenvalue weighted by atomic mass is 10.2. The van der Waals surface area contributed by atoms with Gasteiger partial charge in [0.25, 0.3) is 0 Å². The van der Waals surface area contributed by atoms with Gasteiger partial charge in [-0.05, 0) is 23.3 Å². The molecule has 0 heterocycles. The number of rotatable bonds is 4.